The Bertz CT molecular complexity index is 562. The standard InChI is InChI=1S/C12H17N5OS/c1-4-17-12(13-7-14-17)8(2)15-11(18)5-10-6-19-9(3)16-10/h6-8H,4-5H2,1-3H3,(H,15,18). The van der Waals surface area contributed by atoms with E-state index in [1.807, 2.05) is 26.2 Å². The molecule has 0 fully saturated rings. The van der Waals surface area contributed by atoms with Gasteiger partial charge in [0.2, 0.25) is 5.91 Å². The third-order valence-electron chi connectivity index (χ3n) is 2.72. The van der Waals surface area contributed by atoms with E-state index < -0.39 is 0 Å². The Labute approximate surface area is 115 Å². The Morgan fingerprint density at radius 1 is 1.58 bits per heavy atom. The summed E-state index contributed by atoms with van der Waals surface area (Å²) in [4.78, 5) is 20.4. The molecule has 0 aliphatic heterocycles. The summed E-state index contributed by atoms with van der Waals surface area (Å²) in [7, 11) is 0. The number of thiazole rings is 1. The normalized spacial score (nSPS) is 12.4. The number of aromatic nitrogens is 4. The van der Waals surface area contributed by atoms with E-state index in [2.05, 4.69) is 20.4 Å². The number of hydrogen-bond donors (Lipinski definition) is 1. The van der Waals surface area contributed by atoms with E-state index in [9.17, 15) is 4.79 Å². The molecule has 0 radical (unpaired) electrons. The molecular weight excluding hydrogens is 262 g/mol. The summed E-state index contributed by atoms with van der Waals surface area (Å²) in [6, 6.07) is -0.158. The predicted octanol–water partition coefficient (Wildman–Crippen LogP) is 1.48. The smallest absolute Gasteiger partial charge is 0.226 e. The van der Waals surface area contributed by atoms with E-state index in [-0.39, 0.29) is 11.9 Å². The van der Waals surface area contributed by atoms with E-state index in [1.165, 1.54) is 6.33 Å². The molecule has 2 aromatic heterocycles. The first-order valence-electron chi connectivity index (χ1n) is 6.18. The maximum Gasteiger partial charge on any atom is 0.226 e. The molecule has 1 amide bonds. The molecule has 0 aromatic carbocycles. The van der Waals surface area contributed by atoms with Crippen molar-refractivity contribution in [3.8, 4) is 0 Å². The Kier molecular flexibility index (Phi) is 4.26. The van der Waals surface area contributed by atoms with Gasteiger partial charge in [-0.1, -0.05) is 0 Å². The number of amides is 1. The van der Waals surface area contributed by atoms with Gasteiger partial charge in [0.05, 0.1) is 23.2 Å². The van der Waals surface area contributed by atoms with E-state index in [0.717, 1.165) is 23.1 Å². The summed E-state index contributed by atoms with van der Waals surface area (Å²) >= 11 is 1.55. The summed E-state index contributed by atoms with van der Waals surface area (Å²) in [6.45, 7) is 6.56. The zero-order valence-electron chi connectivity index (χ0n) is 11.3. The molecule has 19 heavy (non-hydrogen) atoms. The van der Waals surface area contributed by atoms with Crippen LogP contribution in [0.25, 0.3) is 0 Å². The molecule has 0 aliphatic carbocycles. The van der Waals surface area contributed by atoms with Gasteiger partial charge in [-0.15, -0.1) is 11.3 Å². The first-order valence-corrected chi connectivity index (χ1v) is 7.06. The molecule has 1 N–H and O–H groups in total. The van der Waals surface area contributed by atoms with Crippen molar-refractivity contribution in [2.75, 3.05) is 0 Å². The Morgan fingerprint density at radius 2 is 2.37 bits per heavy atom. The highest BCUT2D eigenvalue weighted by molar-refractivity contribution is 7.09. The highest BCUT2D eigenvalue weighted by Gasteiger charge is 2.15. The molecule has 2 heterocycles. The van der Waals surface area contributed by atoms with Gasteiger partial charge < -0.3 is 5.32 Å². The molecule has 0 spiro atoms. The van der Waals surface area contributed by atoms with Gasteiger partial charge in [-0.25, -0.2) is 14.6 Å². The summed E-state index contributed by atoms with van der Waals surface area (Å²) in [5, 5.41) is 9.90. The minimum absolute atomic E-state index is 0.0524. The van der Waals surface area contributed by atoms with E-state index >= 15 is 0 Å². The van der Waals surface area contributed by atoms with Crippen LogP contribution in [0.4, 0.5) is 0 Å². The average molecular weight is 279 g/mol. The molecule has 1 unspecified atom stereocenters. The maximum atomic E-state index is 11.9. The second-order valence-electron chi connectivity index (χ2n) is 4.26. The van der Waals surface area contributed by atoms with Crippen molar-refractivity contribution in [1.82, 2.24) is 25.1 Å². The third-order valence-corrected chi connectivity index (χ3v) is 3.54. The fourth-order valence-corrected chi connectivity index (χ4v) is 2.48. The van der Waals surface area contributed by atoms with Crippen LogP contribution in [0.15, 0.2) is 11.7 Å². The highest BCUT2D eigenvalue weighted by Crippen LogP contribution is 2.11. The molecule has 102 valence electrons. The second-order valence-corrected chi connectivity index (χ2v) is 5.32. The van der Waals surface area contributed by atoms with Crippen molar-refractivity contribution >= 4 is 17.2 Å². The lowest BCUT2D eigenvalue weighted by molar-refractivity contribution is -0.121. The number of rotatable bonds is 5. The SMILES string of the molecule is CCn1ncnc1C(C)NC(=O)Cc1csc(C)n1. The Balaban J connectivity index is 1.95. The number of aryl methyl sites for hydroxylation is 2. The van der Waals surface area contributed by atoms with Crippen LogP contribution < -0.4 is 5.32 Å². The van der Waals surface area contributed by atoms with Gasteiger partial charge in [-0.3, -0.25) is 4.79 Å². The third kappa shape index (κ3) is 3.37. The van der Waals surface area contributed by atoms with Gasteiger partial charge in [0.1, 0.15) is 12.2 Å². The molecule has 0 aliphatic rings. The molecular formula is C12H17N5OS. The largest absolute Gasteiger partial charge is 0.346 e. The molecule has 2 aromatic rings. The van der Waals surface area contributed by atoms with Crippen LogP contribution in [-0.4, -0.2) is 25.7 Å². The molecule has 0 bridgehead atoms. The van der Waals surface area contributed by atoms with Gasteiger partial charge in [0, 0.05) is 11.9 Å². The van der Waals surface area contributed by atoms with Crippen LogP contribution in [0.2, 0.25) is 0 Å². The lowest BCUT2D eigenvalue weighted by Crippen LogP contribution is -2.30. The summed E-state index contributed by atoms with van der Waals surface area (Å²) in [5.74, 6) is 0.716. The van der Waals surface area contributed by atoms with Gasteiger partial charge >= 0.3 is 0 Å². The summed E-state index contributed by atoms with van der Waals surface area (Å²) < 4.78 is 1.78. The fraction of sp³-hybridized carbons (Fsp3) is 0.500. The zero-order valence-corrected chi connectivity index (χ0v) is 12.1. The van der Waals surface area contributed by atoms with Crippen LogP contribution in [0.3, 0.4) is 0 Å². The predicted molar refractivity (Wildman–Crippen MR) is 72.8 cm³/mol. The van der Waals surface area contributed by atoms with Crippen molar-refractivity contribution in [2.45, 2.75) is 39.8 Å². The first kappa shape index (κ1) is 13.7. The highest BCUT2D eigenvalue weighted by atomic mass is 32.1. The average Bonchev–Trinajstić information content (AvgIpc) is 2.97. The number of nitrogens with one attached hydrogen (secondary N) is 1. The van der Waals surface area contributed by atoms with Crippen molar-refractivity contribution < 1.29 is 4.79 Å². The minimum atomic E-state index is -0.158. The molecule has 7 heteroatoms. The molecule has 1 atom stereocenters. The second kappa shape index (κ2) is 5.92. The van der Waals surface area contributed by atoms with Crippen LogP contribution in [-0.2, 0) is 17.8 Å². The zero-order chi connectivity index (χ0) is 13.8. The summed E-state index contributed by atoms with van der Waals surface area (Å²) in [6.07, 6.45) is 1.81. The fourth-order valence-electron chi connectivity index (χ4n) is 1.86. The first-order chi connectivity index (χ1) is 9.10. The van der Waals surface area contributed by atoms with Crippen molar-refractivity contribution in [2.24, 2.45) is 0 Å². The van der Waals surface area contributed by atoms with Gasteiger partial charge in [0.15, 0.2) is 0 Å². The van der Waals surface area contributed by atoms with Crippen molar-refractivity contribution in [1.29, 1.82) is 0 Å². The minimum Gasteiger partial charge on any atom is -0.346 e. The molecule has 6 nitrogen and oxygen atoms in total. The Hall–Kier alpha value is -1.76. The monoisotopic (exact) mass is 279 g/mol. The Morgan fingerprint density at radius 3 is 3.00 bits per heavy atom. The molecule has 0 saturated heterocycles. The topological polar surface area (TPSA) is 72.7 Å². The maximum absolute atomic E-state index is 11.9. The van der Waals surface area contributed by atoms with Gasteiger partial charge in [-0.2, -0.15) is 5.10 Å². The number of carbonyl (C=O) groups is 1. The number of nitrogens with zero attached hydrogens (tertiary/aromatic N) is 4. The van der Waals surface area contributed by atoms with Crippen LogP contribution in [0.5, 0.6) is 0 Å². The van der Waals surface area contributed by atoms with Crippen LogP contribution in [0.1, 0.15) is 36.4 Å². The quantitative estimate of drug-likeness (QED) is 0.900. The molecule has 0 saturated carbocycles. The van der Waals surface area contributed by atoms with Crippen molar-refractivity contribution in [3.05, 3.63) is 28.2 Å². The summed E-state index contributed by atoms with van der Waals surface area (Å²) in [5.41, 5.74) is 0.809. The number of carbonyl (C=O) groups excluding carboxylic acids is 1. The van der Waals surface area contributed by atoms with Crippen LogP contribution in [0, 0.1) is 6.92 Å². The lowest BCUT2D eigenvalue weighted by atomic mass is 10.2. The van der Waals surface area contributed by atoms with Crippen molar-refractivity contribution in [3.63, 3.8) is 0 Å². The van der Waals surface area contributed by atoms with E-state index in [0.29, 0.717) is 6.42 Å². The van der Waals surface area contributed by atoms with E-state index in [1.54, 1.807) is 16.0 Å². The van der Waals surface area contributed by atoms with E-state index in [4.69, 9.17) is 0 Å². The van der Waals surface area contributed by atoms with Crippen LogP contribution >= 0.6 is 11.3 Å². The van der Waals surface area contributed by atoms with Gasteiger partial charge in [0.25, 0.3) is 0 Å². The lowest BCUT2D eigenvalue weighted by Gasteiger charge is -2.13. The molecule has 2 rings (SSSR count). The van der Waals surface area contributed by atoms with Gasteiger partial charge in [-0.05, 0) is 20.8 Å². The number of hydrogen-bond acceptors (Lipinski definition) is 5.